The van der Waals surface area contributed by atoms with Crippen molar-refractivity contribution in [3.63, 3.8) is 0 Å². The number of hydrogen-bond donors (Lipinski definition) is 2. The number of hydrazine groups is 1. The lowest BCUT2D eigenvalue weighted by molar-refractivity contribution is 0.613. The van der Waals surface area contributed by atoms with Crippen LogP contribution in [-0.4, -0.2) is 0 Å². The molecule has 5 heteroatoms. The SMILES string of the molecule is Cl.NNCc1cccc(F)c1I. The zero-order valence-electron chi connectivity index (χ0n) is 6.18. The van der Waals surface area contributed by atoms with Gasteiger partial charge >= 0.3 is 0 Å². The normalized spacial score (nSPS) is 9.25. The molecule has 0 heterocycles. The molecule has 12 heavy (non-hydrogen) atoms. The van der Waals surface area contributed by atoms with Crippen LogP contribution in [0.5, 0.6) is 0 Å². The van der Waals surface area contributed by atoms with Crippen molar-refractivity contribution in [3.05, 3.63) is 33.1 Å². The lowest BCUT2D eigenvalue weighted by atomic mass is 10.2. The lowest BCUT2D eigenvalue weighted by Gasteiger charge is -2.02. The second kappa shape index (κ2) is 5.69. The van der Waals surface area contributed by atoms with Gasteiger partial charge in [-0.1, -0.05) is 12.1 Å². The maximum Gasteiger partial charge on any atom is 0.136 e. The fourth-order valence-corrected chi connectivity index (χ4v) is 1.35. The lowest BCUT2D eigenvalue weighted by Crippen LogP contribution is -2.21. The molecule has 1 aromatic carbocycles. The Labute approximate surface area is 90.2 Å². The Morgan fingerprint density at radius 2 is 2.17 bits per heavy atom. The third-order valence-corrected chi connectivity index (χ3v) is 2.53. The second-order valence-electron chi connectivity index (χ2n) is 2.09. The minimum atomic E-state index is -0.196. The van der Waals surface area contributed by atoms with Crippen LogP contribution in [0.3, 0.4) is 0 Å². The molecule has 0 aliphatic rings. The number of halogens is 3. The highest BCUT2D eigenvalue weighted by atomic mass is 127. The van der Waals surface area contributed by atoms with Crippen LogP contribution in [0.25, 0.3) is 0 Å². The Hall–Kier alpha value is 0.0900. The Kier molecular flexibility index (Phi) is 5.73. The van der Waals surface area contributed by atoms with E-state index >= 15 is 0 Å². The maximum absolute atomic E-state index is 12.8. The summed E-state index contributed by atoms with van der Waals surface area (Å²) in [4.78, 5) is 0. The predicted molar refractivity (Wildman–Crippen MR) is 57.4 cm³/mol. The number of rotatable bonds is 2. The molecule has 1 aromatic rings. The Balaban J connectivity index is 0.00000121. The van der Waals surface area contributed by atoms with Gasteiger partial charge in [-0.3, -0.25) is 11.3 Å². The Morgan fingerprint density at radius 1 is 1.50 bits per heavy atom. The molecule has 0 bridgehead atoms. The van der Waals surface area contributed by atoms with Crippen molar-refractivity contribution in [2.24, 2.45) is 5.84 Å². The highest BCUT2D eigenvalue weighted by molar-refractivity contribution is 14.1. The monoisotopic (exact) mass is 302 g/mol. The van der Waals surface area contributed by atoms with Gasteiger partial charge in [-0.2, -0.15) is 0 Å². The zero-order chi connectivity index (χ0) is 8.27. The second-order valence-corrected chi connectivity index (χ2v) is 3.17. The van der Waals surface area contributed by atoms with Crippen molar-refractivity contribution in [3.8, 4) is 0 Å². The third kappa shape index (κ3) is 2.85. The van der Waals surface area contributed by atoms with E-state index in [-0.39, 0.29) is 18.2 Å². The average molecular weight is 303 g/mol. The van der Waals surface area contributed by atoms with E-state index in [1.54, 1.807) is 6.07 Å². The summed E-state index contributed by atoms with van der Waals surface area (Å²) in [5.74, 6) is 4.91. The number of nitrogens with two attached hydrogens (primary N) is 1. The van der Waals surface area contributed by atoms with E-state index < -0.39 is 0 Å². The van der Waals surface area contributed by atoms with Crippen molar-refractivity contribution < 1.29 is 4.39 Å². The number of hydrogen-bond acceptors (Lipinski definition) is 2. The topological polar surface area (TPSA) is 38.0 Å². The van der Waals surface area contributed by atoms with Crippen LogP contribution in [0.1, 0.15) is 5.56 Å². The fraction of sp³-hybridized carbons (Fsp3) is 0.143. The summed E-state index contributed by atoms with van der Waals surface area (Å²) in [7, 11) is 0. The largest absolute Gasteiger partial charge is 0.271 e. The van der Waals surface area contributed by atoms with Crippen LogP contribution in [0.15, 0.2) is 18.2 Å². The summed E-state index contributed by atoms with van der Waals surface area (Å²) in [6.07, 6.45) is 0. The summed E-state index contributed by atoms with van der Waals surface area (Å²) >= 11 is 1.96. The van der Waals surface area contributed by atoms with Crippen molar-refractivity contribution in [1.29, 1.82) is 0 Å². The molecule has 0 saturated carbocycles. The van der Waals surface area contributed by atoms with Crippen molar-refractivity contribution in [2.75, 3.05) is 0 Å². The summed E-state index contributed by atoms with van der Waals surface area (Å²) < 4.78 is 13.5. The molecule has 0 fully saturated rings. The maximum atomic E-state index is 12.8. The Bertz CT molecular complexity index is 257. The van der Waals surface area contributed by atoms with Gasteiger partial charge in [0, 0.05) is 6.54 Å². The van der Waals surface area contributed by atoms with E-state index in [1.165, 1.54) is 6.07 Å². The molecule has 0 amide bonds. The molecule has 3 N–H and O–H groups in total. The quantitative estimate of drug-likeness (QED) is 0.497. The van der Waals surface area contributed by atoms with E-state index in [0.29, 0.717) is 10.1 Å². The first kappa shape index (κ1) is 12.1. The van der Waals surface area contributed by atoms with Gasteiger partial charge in [-0.15, -0.1) is 12.4 Å². The van der Waals surface area contributed by atoms with E-state index in [1.807, 2.05) is 28.7 Å². The Morgan fingerprint density at radius 3 is 2.75 bits per heavy atom. The molecule has 0 saturated heterocycles. The number of nitrogens with one attached hydrogen (secondary N) is 1. The van der Waals surface area contributed by atoms with Crippen LogP contribution < -0.4 is 11.3 Å². The molecular formula is C7H9ClFIN2. The standard InChI is InChI=1S/C7H8FIN2.ClH/c8-6-3-1-2-5(4-11-10)7(6)9;/h1-3,11H,4,10H2;1H. The van der Waals surface area contributed by atoms with Gasteiger partial charge < -0.3 is 0 Å². The summed E-state index contributed by atoms with van der Waals surface area (Å²) in [5, 5.41) is 0. The van der Waals surface area contributed by atoms with Gasteiger partial charge in [0.2, 0.25) is 0 Å². The van der Waals surface area contributed by atoms with Crippen LogP contribution in [0, 0.1) is 9.39 Å². The molecule has 0 spiro atoms. The summed E-state index contributed by atoms with van der Waals surface area (Å²) in [6.45, 7) is 0.496. The van der Waals surface area contributed by atoms with Gasteiger partial charge in [0.25, 0.3) is 0 Å². The van der Waals surface area contributed by atoms with Gasteiger partial charge in [0.1, 0.15) is 5.82 Å². The highest BCUT2D eigenvalue weighted by Gasteiger charge is 2.02. The fourth-order valence-electron chi connectivity index (χ4n) is 0.795. The van der Waals surface area contributed by atoms with Gasteiger partial charge in [0.05, 0.1) is 3.57 Å². The van der Waals surface area contributed by atoms with Crippen LogP contribution in [-0.2, 0) is 6.54 Å². The summed E-state index contributed by atoms with van der Waals surface area (Å²) in [5.41, 5.74) is 3.36. The van der Waals surface area contributed by atoms with E-state index in [9.17, 15) is 4.39 Å². The molecule has 0 atom stereocenters. The molecule has 0 unspecified atom stereocenters. The van der Waals surface area contributed by atoms with Gasteiger partial charge in [-0.05, 0) is 34.2 Å². The molecule has 1 rings (SSSR count). The first-order valence-electron chi connectivity index (χ1n) is 3.12. The minimum absolute atomic E-state index is 0. The van der Waals surface area contributed by atoms with Crippen molar-refractivity contribution in [1.82, 2.24) is 5.43 Å². The van der Waals surface area contributed by atoms with Crippen molar-refractivity contribution >= 4 is 35.0 Å². The molecule has 68 valence electrons. The molecule has 0 aromatic heterocycles. The molecular weight excluding hydrogens is 293 g/mol. The minimum Gasteiger partial charge on any atom is -0.271 e. The smallest absolute Gasteiger partial charge is 0.136 e. The molecule has 0 radical (unpaired) electrons. The van der Waals surface area contributed by atoms with E-state index in [0.717, 1.165) is 5.56 Å². The van der Waals surface area contributed by atoms with Crippen LogP contribution in [0.4, 0.5) is 4.39 Å². The van der Waals surface area contributed by atoms with Gasteiger partial charge in [-0.25, -0.2) is 4.39 Å². The van der Waals surface area contributed by atoms with Gasteiger partial charge in [0.15, 0.2) is 0 Å². The van der Waals surface area contributed by atoms with E-state index in [2.05, 4.69) is 5.43 Å². The third-order valence-electron chi connectivity index (χ3n) is 1.32. The molecule has 2 nitrogen and oxygen atoms in total. The first-order valence-corrected chi connectivity index (χ1v) is 4.20. The van der Waals surface area contributed by atoms with Crippen molar-refractivity contribution in [2.45, 2.75) is 6.54 Å². The number of benzene rings is 1. The predicted octanol–water partition coefficient (Wildman–Crippen LogP) is 1.82. The zero-order valence-corrected chi connectivity index (χ0v) is 9.15. The van der Waals surface area contributed by atoms with Crippen LogP contribution >= 0.6 is 35.0 Å². The first-order chi connectivity index (χ1) is 5.25. The van der Waals surface area contributed by atoms with Crippen LogP contribution in [0.2, 0.25) is 0 Å². The van der Waals surface area contributed by atoms with E-state index in [4.69, 9.17) is 5.84 Å². The highest BCUT2D eigenvalue weighted by Crippen LogP contribution is 2.15. The summed E-state index contributed by atoms with van der Waals surface area (Å²) in [6, 6.07) is 4.94. The molecule has 0 aliphatic carbocycles. The average Bonchev–Trinajstić information content (AvgIpc) is 1.99. The molecule has 0 aliphatic heterocycles.